The van der Waals surface area contributed by atoms with Crippen molar-refractivity contribution in [3.8, 4) is 0 Å². The molecule has 1 unspecified atom stereocenters. The van der Waals surface area contributed by atoms with Gasteiger partial charge in [-0.3, -0.25) is 9.59 Å². The van der Waals surface area contributed by atoms with Gasteiger partial charge < -0.3 is 25.6 Å². The third-order valence-corrected chi connectivity index (χ3v) is 5.16. The number of hydrogen-bond acceptors (Lipinski definition) is 6. The number of ether oxygens (including phenoxy) is 1. The molecule has 1 saturated carbocycles. The van der Waals surface area contributed by atoms with Crippen LogP contribution >= 0.6 is 11.6 Å². The predicted molar refractivity (Wildman–Crippen MR) is 123 cm³/mol. The second-order valence-corrected chi connectivity index (χ2v) is 9.48. The molecule has 2 rings (SSSR count). The Bertz CT molecular complexity index is 851. The fourth-order valence-corrected chi connectivity index (χ4v) is 3.58. The molecule has 176 valence electrons. The molecule has 0 radical (unpaired) electrons. The molecule has 0 bridgehead atoms. The second-order valence-electron chi connectivity index (χ2n) is 9.04. The Balaban J connectivity index is 2.07. The molecule has 1 aliphatic rings. The van der Waals surface area contributed by atoms with Crippen LogP contribution in [0.1, 0.15) is 40.0 Å². The van der Waals surface area contributed by atoms with Crippen LogP contribution in [0, 0.1) is 5.92 Å². The maximum Gasteiger partial charge on any atom is 0.407 e. The first kappa shape index (κ1) is 25.5. The highest BCUT2D eigenvalue weighted by molar-refractivity contribution is 6.30. The molecule has 1 fully saturated rings. The van der Waals surface area contributed by atoms with Crippen LogP contribution in [0.3, 0.4) is 0 Å². The lowest BCUT2D eigenvalue weighted by Crippen LogP contribution is -2.56. The molecule has 0 spiro atoms. The van der Waals surface area contributed by atoms with E-state index < -0.39 is 29.7 Å². The average Bonchev–Trinajstić information content (AvgIpc) is 2.68. The fraction of sp³-hybridized carbons (Fsp3) is 0.545. The molecule has 9 nitrogen and oxygen atoms in total. The summed E-state index contributed by atoms with van der Waals surface area (Å²) >= 11 is 5.83. The number of carbonyl (C=O) groups is 3. The molecule has 1 heterocycles. The van der Waals surface area contributed by atoms with Crippen molar-refractivity contribution < 1.29 is 19.1 Å². The van der Waals surface area contributed by atoms with E-state index in [0.717, 1.165) is 0 Å². The van der Waals surface area contributed by atoms with Gasteiger partial charge in [0.1, 0.15) is 11.4 Å². The molecule has 10 heteroatoms. The number of nitrogens with zero attached hydrogens (tertiary/aromatic N) is 2. The van der Waals surface area contributed by atoms with Gasteiger partial charge in [-0.15, -0.1) is 0 Å². The van der Waals surface area contributed by atoms with Gasteiger partial charge in [-0.25, -0.2) is 9.78 Å². The zero-order chi connectivity index (χ0) is 24.1. The van der Waals surface area contributed by atoms with Crippen LogP contribution in [-0.4, -0.2) is 59.6 Å². The van der Waals surface area contributed by atoms with E-state index in [4.69, 9.17) is 16.3 Å². The van der Waals surface area contributed by atoms with Crippen molar-refractivity contribution in [2.24, 2.45) is 5.92 Å². The summed E-state index contributed by atoms with van der Waals surface area (Å²) in [7, 11) is 3.40. The minimum absolute atomic E-state index is 0.00865. The second kappa shape index (κ2) is 10.7. The average molecular weight is 466 g/mol. The summed E-state index contributed by atoms with van der Waals surface area (Å²) in [5.41, 5.74) is -0.567. The Kier molecular flexibility index (Phi) is 8.49. The molecular formula is C22H32ClN5O4. The van der Waals surface area contributed by atoms with E-state index in [1.165, 1.54) is 6.20 Å². The van der Waals surface area contributed by atoms with Crippen LogP contribution in [0.2, 0.25) is 5.02 Å². The van der Waals surface area contributed by atoms with Gasteiger partial charge in [0.05, 0.1) is 16.8 Å². The first-order valence-electron chi connectivity index (χ1n) is 10.4. The van der Waals surface area contributed by atoms with Gasteiger partial charge in [-0.05, 0) is 52.2 Å². The number of halogens is 1. The van der Waals surface area contributed by atoms with Crippen molar-refractivity contribution >= 4 is 35.3 Å². The van der Waals surface area contributed by atoms with Crippen molar-refractivity contribution in [1.29, 1.82) is 0 Å². The topological polar surface area (TPSA) is 113 Å². The largest absolute Gasteiger partial charge is 0.444 e. The molecule has 3 amide bonds. The summed E-state index contributed by atoms with van der Waals surface area (Å²) < 4.78 is 5.37. The summed E-state index contributed by atoms with van der Waals surface area (Å²) in [5.74, 6) is -0.262. The summed E-state index contributed by atoms with van der Waals surface area (Å²) in [6.07, 6.45) is 2.36. The lowest BCUT2D eigenvalue weighted by molar-refractivity contribution is -0.134. The van der Waals surface area contributed by atoms with Crippen LogP contribution in [-0.2, 0) is 14.3 Å². The monoisotopic (exact) mass is 465 g/mol. The Hall–Kier alpha value is -2.81. The number of anilines is 1. The van der Waals surface area contributed by atoms with Crippen LogP contribution < -0.4 is 16.0 Å². The molecular weight excluding hydrogens is 434 g/mol. The lowest BCUT2D eigenvalue weighted by atomic mass is 9.81. The maximum atomic E-state index is 12.7. The quantitative estimate of drug-likeness (QED) is 0.557. The number of rotatable bonds is 6. The summed E-state index contributed by atoms with van der Waals surface area (Å²) in [4.78, 5) is 43.2. The molecule has 0 aromatic carbocycles. The van der Waals surface area contributed by atoms with Gasteiger partial charge in [0.15, 0.2) is 0 Å². The highest BCUT2D eigenvalue weighted by atomic mass is 35.5. The van der Waals surface area contributed by atoms with Gasteiger partial charge in [0.2, 0.25) is 5.91 Å². The van der Waals surface area contributed by atoms with E-state index >= 15 is 0 Å². The Morgan fingerprint density at radius 3 is 2.41 bits per heavy atom. The number of hydrogen-bond donors (Lipinski definition) is 3. The SMILES string of the molecule is C=C(Nc1ccc(Cl)cn1)C(=O)NC1CC[C@H](C(=O)N(C)C)C[C@H]1NC(=O)OC(C)(C)C. The van der Waals surface area contributed by atoms with E-state index in [0.29, 0.717) is 30.1 Å². The highest BCUT2D eigenvalue weighted by Gasteiger charge is 2.37. The molecule has 3 atom stereocenters. The lowest BCUT2D eigenvalue weighted by Gasteiger charge is -2.37. The molecule has 1 aromatic rings. The summed E-state index contributed by atoms with van der Waals surface area (Å²) in [6.45, 7) is 9.08. The first-order valence-corrected chi connectivity index (χ1v) is 10.8. The maximum absolute atomic E-state index is 12.7. The zero-order valence-electron chi connectivity index (χ0n) is 19.2. The first-order chi connectivity index (χ1) is 14.9. The normalized spacial score (nSPS) is 20.6. The van der Waals surface area contributed by atoms with Crippen LogP contribution in [0.15, 0.2) is 30.6 Å². The van der Waals surface area contributed by atoms with E-state index in [-0.39, 0.29) is 17.5 Å². The zero-order valence-corrected chi connectivity index (χ0v) is 20.0. The van der Waals surface area contributed by atoms with E-state index in [9.17, 15) is 14.4 Å². The summed E-state index contributed by atoms with van der Waals surface area (Å²) in [6, 6.07) is 2.41. The van der Waals surface area contributed by atoms with Gasteiger partial charge in [-0.2, -0.15) is 0 Å². The third kappa shape index (κ3) is 7.71. The van der Waals surface area contributed by atoms with Crippen molar-refractivity contribution in [3.05, 3.63) is 35.6 Å². The summed E-state index contributed by atoms with van der Waals surface area (Å²) in [5, 5.41) is 9.05. The van der Waals surface area contributed by atoms with Crippen LogP contribution in [0.5, 0.6) is 0 Å². The van der Waals surface area contributed by atoms with Crippen molar-refractivity contribution in [2.75, 3.05) is 19.4 Å². The van der Waals surface area contributed by atoms with E-state index in [1.807, 2.05) is 0 Å². The van der Waals surface area contributed by atoms with Gasteiger partial charge in [0, 0.05) is 32.3 Å². The molecule has 0 saturated heterocycles. The van der Waals surface area contributed by atoms with Gasteiger partial charge in [-0.1, -0.05) is 18.2 Å². The van der Waals surface area contributed by atoms with Crippen molar-refractivity contribution in [2.45, 2.75) is 57.7 Å². The molecule has 1 aliphatic carbocycles. The predicted octanol–water partition coefficient (Wildman–Crippen LogP) is 2.93. The Morgan fingerprint density at radius 1 is 1.16 bits per heavy atom. The Morgan fingerprint density at radius 2 is 1.84 bits per heavy atom. The minimum atomic E-state index is -0.667. The minimum Gasteiger partial charge on any atom is -0.444 e. The highest BCUT2D eigenvalue weighted by Crippen LogP contribution is 2.27. The molecule has 3 N–H and O–H groups in total. The molecule has 0 aliphatic heterocycles. The van der Waals surface area contributed by atoms with Crippen molar-refractivity contribution in [1.82, 2.24) is 20.5 Å². The van der Waals surface area contributed by atoms with Gasteiger partial charge in [0.25, 0.3) is 5.91 Å². The van der Waals surface area contributed by atoms with E-state index in [2.05, 4.69) is 27.5 Å². The molecule has 1 aromatic heterocycles. The third-order valence-electron chi connectivity index (χ3n) is 4.94. The fourth-order valence-electron chi connectivity index (χ4n) is 3.47. The van der Waals surface area contributed by atoms with E-state index in [1.54, 1.807) is 51.9 Å². The number of alkyl carbamates (subject to hydrolysis) is 1. The van der Waals surface area contributed by atoms with Gasteiger partial charge >= 0.3 is 6.09 Å². The number of carbonyl (C=O) groups excluding carboxylic acids is 3. The molecule has 32 heavy (non-hydrogen) atoms. The number of nitrogens with one attached hydrogen (secondary N) is 3. The van der Waals surface area contributed by atoms with Crippen LogP contribution in [0.4, 0.5) is 10.6 Å². The number of amides is 3. The smallest absolute Gasteiger partial charge is 0.407 e. The standard InChI is InChI=1S/C22H32ClN5O4/c1-13(25-18-10-8-15(23)12-24-18)19(29)26-16-9-7-14(20(30)28(5)6)11-17(16)27-21(31)32-22(2,3)4/h8,10,12,14,16-17H,1,7,9,11H2,2-6H3,(H,24,25)(H,26,29)(H,27,31)/t14-,16?,17+/m0/s1. The Labute approximate surface area is 193 Å². The van der Waals surface area contributed by atoms with Crippen LogP contribution in [0.25, 0.3) is 0 Å². The number of aromatic nitrogens is 1. The number of pyridine rings is 1. The van der Waals surface area contributed by atoms with Crippen molar-refractivity contribution in [3.63, 3.8) is 0 Å².